The van der Waals surface area contributed by atoms with Crippen molar-refractivity contribution < 1.29 is 29.2 Å². The molecule has 0 aromatic rings. The molecule has 0 spiro atoms. The van der Waals surface area contributed by atoms with Gasteiger partial charge in [-0.25, -0.2) is 0 Å². The number of aliphatic hydroxyl groups excluding tert-OH is 2. The van der Waals surface area contributed by atoms with Gasteiger partial charge in [-0.1, -0.05) is 73.9 Å². The van der Waals surface area contributed by atoms with Gasteiger partial charge in [0.1, 0.15) is 18.8 Å². The van der Waals surface area contributed by atoms with E-state index in [0.29, 0.717) is 6.61 Å². The van der Waals surface area contributed by atoms with Gasteiger partial charge in [0.15, 0.2) is 6.29 Å². The van der Waals surface area contributed by atoms with Gasteiger partial charge in [-0.2, -0.15) is 0 Å². The lowest BCUT2D eigenvalue weighted by molar-refractivity contribution is -0.275. The van der Waals surface area contributed by atoms with Crippen LogP contribution in [0.1, 0.15) is 74.1 Å². The minimum atomic E-state index is -1.08. The van der Waals surface area contributed by atoms with Gasteiger partial charge in [-0.15, -0.1) is 0 Å². The van der Waals surface area contributed by atoms with Gasteiger partial charge in [0.05, 0.1) is 12.5 Å². The smallest absolute Gasteiger partial charge is 0.309 e. The van der Waals surface area contributed by atoms with E-state index in [4.69, 9.17) is 14.2 Å². The van der Waals surface area contributed by atoms with E-state index in [0.717, 1.165) is 11.1 Å². The summed E-state index contributed by atoms with van der Waals surface area (Å²) in [5, 5.41) is 20.6. The molecule has 1 fully saturated rings. The normalized spacial score (nSPS) is 29.9. The number of rotatable bonds is 10. The Bertz CT molecular complexity index is 891. The van der Waals surface area contributed by atoms with Crippen molar-refractivity contribution in [1.29, 1.82) is 0 Å². The highest BCUT2D eigenvalue weighted by atomic mass is 16.6. The molecule has 2 rings (SSSR count). The Morgan fingerprint density at radius 3 is 2.58 bits per heavy atom. The predicted octanol–water partition coefficient (Wildman–Crippen LogP) is 5.57. The summed E-state index contributed by atoms with van der Waals surface area (Å²) in [6, 6.07) is 0. The van der Waals surface area contributed by atoms with E-state index >= 15 is 0 Å². The molecule has 1 aliphatic carbocycles. The number of hydrogen-bond acceptors (Lipinski definition) is 6. The molecule has 0 saturated carbocycles. The summed E-state index contributed by atoms with van der Waals surface area (Å²) in [6.07, 6.45) is 12.5. The summed E-state index contributed by atoms with van der Waals surface area (Å²) < 4.78 is 16.3. The third-order valence-corrected chi connectivity index (χ3v) is 7.13. The Morgan fingerprint density at radius 2 is 1.92 bits per heavy atom. The number of hydrogen-bond donors (Lipinski definition) is 2. The Hall–Kier alpha value is -1.99. The van der Waals surface area contributed by atoms with Crippen LogP contribution in [0.5, 0.6) is 0 Å². The van der Waals surface area contributed by atoms with Gasteiger partial charge in [0.25, 0.3) is 0 Å². The minimum absolute atomic E-state index is 0.109. The second kappa shape index (κ2) is 14.1. The van der Waals surface area contributed by atoms with Crippen molar-refractivity contribution in [2.75, 3.05) is 13.2 Å². The molecule has 0 bridgehead atoms. The number of carbonyl (C=O) groups is 1. The number of ether oxygens (including phenoxy) is 3. The molecule has 0 radical (unpaired) electrons. The summed E-state index contributed by atoms with van der Waals surface area (Å²) in [7, 11) is 0. The van der Waals surface area contributed by atoms with E-state index in [2.05, 4.69) is 45.9 Å². The fraction of sp³-hybridized carbons (Fsp3) is 0.633. The quantitative estimate of drug-likeness (QED) is 0.300. The van der Waals surface area contributed by atoms with Crippen LogP contribution in [-0.2, 0) is 19.0 Å². The van der Waals surface area contributed by atoms with E-state index in [9.17, 15) is 15.0 Å². The van der Waals surface area contributed by atoms with Gasteiger partial charge < -0.3 is 24.4 Å². The average molecular weight is 503 g/mol. The lowest BCUT2D eigenvalue weighted by Crippen LogP contribution is -2.56. The zero-order chi connectivity index (χ0) is 26.9. The summed E-state index contributed by atoms with van der Waals surface area (Å²) in [5.74, 6) is -0.800. The summed E-state index contributed by atoms with van der Waals surface area (Å²) >= 11 is 0. The Kier molecular flexibility index (Phi) is 11.8. The van der Waals surface area contributed by atoms with Crippen LogP contribution in [0.25, 0.3) is 0 Å². The van der Waals surface area contributed by atoms with Crippen LogP contribution in [0.2, 0.25) is 0 Å². The highest BCUT2D eigenvalue weighted by Crippen LogP contribution is 2.40. The van der Waals surface area contributed by atoms with Crippen molar-refractivity contribution in [2.45, 2.75) is 98.8 Å². The first-order valence-corrected chi connectivity index (χ1v) is 13.1. The SMILES string of the molecule is CCO[C@@H]1C(C)C(O)OC(COC(=O)C/C=C(C)/C=C/C=C(C)/C=C/C2=C(C)CCCC2(C)C)[C@H]1O. The van der Waals surface area contributed by atoms with Crippen molar-refractivity contribution in [3.63, 3.8) is 0 Å². The van der Waals surface area contributed by atoms with Gasteiger partial charge in [0.2, 0.25) is 0 Å². The van der Waals surface area contributed by atoms with E-state index in [1.54, 1.807) is 13.0 Å². The first-order valence-electron chi connectivity index (χ1n) is 13.1. The maximum atomic E-state index is 12.2. The molecular weight excluding hydrogens is 456 g/mol. The second-order valence-corrected chi connectivity index (χ2v) is 10.7. The molecular formula is C30H46O6. The molecule has 0 aromatic carbocycles. The Labute approximate surface area is 217 Å². The molecule has 2 aliphatic rings. The first kappa shape index (κ1) is 30.2. The predicted molar refractivity (Wildman–Crippen MR) is 143 cm³/mol. The van der Waals surface area contributed by atoms with E-state index in [1.165, 1.54) is 30.4 Å². The van der Waals surface area contributed by atoms with Crippen LogP contribution in [0, 0.1) is 11.3 Å². The highest BCUT2D eigenvalue weighted by Gasteiger charge is 2.43. The van der Waals surface area contributed by atoms with Crippen LogP contribution in [0.15, 0.2) is 58.7 Å². The largest absolute Gasteiger partial charge is 0.463 e. The number of aliphatic hydroxyl groups is 2. The highest BCUT2D eigenvalue weighted by molar-refractivity contribution is 5.71. The van der Waals surface area contributed by atoms with E-state index < -0.39 is 30.6 Å². The lowest BCUT2D eigenvalue weighted by atomic mass is 9.72. The molecule has 0 amide bonds. The molecule has 36 heavy (non-hydrogen) atoms. The van der Waals surface area contributed by atoms with E-state index in [1.807, 2.05) is 26.0 Å². The molecule has 6 nitrogen and oxygen atoms in total. The number of esters is 1. The zero-order valence-electron chi connectivity index (χ0n) is 23.1. The molecule has 0 aromatic heterocycles. The third-order valence-electron chi connectivity index (χ3n) is 7.13. The number of carbonyl (C=O) groups excluding carboxylic acids is 1. The van der Waals surface area contributed by atoms with Crippen LogP contribution < -0.4 is 0 Å². The molecule has 5 atom stereocenters. The molecule has 2 N–H and O–H groups in total. The van der Waals surface area contributed by atoms with Crippen LogP contribution >= 0.6 is 0 Å². The van der Waals surface area contributed by atoms with Crippen molar-refractivity contribution in [1.82, 2.24) is 0 Å². The van der Waals surface area contributed by atoms with Gasteiger partial charge in [0, 0.05) is 12.5 Å². The Morgan fingerprint density at radius 1 is 1.19 bits per heavy atom. The summed E-state index contributed by atoms with van der Waals surface area (Å²) in [6.45, 7) is 14.7. The Balaban J connectivity index is 1.84. The van der Waals surface area contributed by atoms with Gasteiger partial charge in [-0.3, -0.25) is 4.79 Å². The summed E-state index contributed by atoms with van der Waals surface area (Å²) in [4.78, 5) is 12.2. The van der Waals surface area contributed by atoms with Gasteiger partial charge >= 0.3 is 5.97 Å². The molecule has 1 heterocycles. The zero-order valence-corrected chi connectivity index (χ0v) is 23.1. The van der Waals surface area contributed by atoms with Crippen LogP contribution in [0.3, 0.4) is 0 Å². The monoisotopic (exact) mass is 502 g/mol. The first-order chi connectivity index (χ1) is 17.0. The van der Waals surface area contributed by atoms with Crippen molar-refractivity contribution in [3.05, 3.63) is 58.7 Å². The standard InChI is InChI=1S/C30H46O6/c1-8-34-28-23(5)29(33)36-25(27(28)32)19-35-26(31)17-15-21(3)12-9-11-20(2)14-16-24-22(4)13-10-18-30(24,6)7/h9,11-12,14-16,23,25,27-29,32-33H,8,10,13,17-19H2,1-7H3/b12-9+,16-14+,20-11+,21-15+/t23?,25?,27-,28-,29?/m1/s1. The maximum absolute atomic E-state index is 12.2. The van der Waals surface area contributed by atoms with Crippen molar-refractivity contribution >= 4 is 5.97 Å². The number of allylic oxidation sites excluding steroid dienone is 9. The molecule has 6 heteroatoms. The molecule has 1 saturated heterocycles. The van der Waals surface area contributed by atoms with Crippen LogP contribution in [-0.4, -0.2) is 54.0 Å². The van der Waals surface area contributed by atoms with Crippen molar-refractivity contribution in [3.8, 4) is 0 Å². The topological polar surface area (TPSA) is 85.2 Å². The van der Waals surface area contributed by atoms with Gasteiger partial charge in [-0.05, 0) is 57.9 Å². The molecule has 1 aliphatic heterocycles. The molecule has 202 valence electrons. The van der Waals surface area contributed by atoms with Crippen LogP contribution in [0.4, 0.5) is 0 Å². The fourth-order valence-electron chi connectivity index (χ4n) is 4.83. The molecule has 3 unspecified atom stereocenters. The van der Waals surface area contributed by atoms with E-state index in [-0.39, 0.29) is 24.4 Å². The van der Waals surface area contributed by atoms with Crippen molar-refractivity contribution in [2.24, 2.45) is 11.3 Å². The maximum Gasteiger partial charge on any atom is 0.309 e. The third kappa shape index (κ3) is 8.84. The second-order valence-electron chi connectivity index (χ2n) is 10.7. The lowest BCUT2D eigenvalue weighted by Gasteiger charge is -2.41. The summed E-state index contributed by atoms with van der Waals surface area (Å²) in [5.41, 5.74) is 5.27. The minimum Gasteiger partial charge on any atom is -0.463 e. The average Bonchev–Trinajstić information content (AvgIpc) is 2.81. The fourth-order valence-corrected chi connectivity index (χ4v) is 4.83.